The first-order valence-electron chi connectivity index (χ1n) is 9.11. The second kappa shape index (κ2) is 7.35. The zero-order valence-electron chi connectivity index (χ0n) is 14.4. The second-order valence-electron chi connectivity index (χ2n) is 6.72. The zero-order valence-corrected chi connectivity index (χ0v) is 14.4. The standard InChI is InChI=1S/C17H24N6O2/c24-15(18-9-13-5-4-8-25-13)11-23-17-14(10-21-23)16(19-12-20-17)22-6-2-1-3-7-22/h10,12-13H,1-9,11H2,(H,18,24). The van der Waals surface area contributed by atoms with Crippen molar-refractivity contribution in [3.8, 4) is 0 Å². The van der Waals surface area contributed by atoms with Crippen LogP contribution >= 0.6 is 0 Å². The number of amides is 1. The molecular formula is C17H24N6O2. The average Bonchev–Trinajstić information content (AvgIpc) is 3.31. The first-order chi connectivity index (χ1) is 12.3. The first kappa shape index (κ1) is 16.3. The van der Waals surface area contributed by atoms with Crippen LogP contribution in [0.25, 0.3) is 11.0 Å². The third-order valence-electron chi connectivity index (χ3n) is 4.91. The minimum Gasteiger partial charge on any atom is -0.376 e. The molecular weight excluding hydrogens is 320 g/mol. The van der Waals surface area contributed by atoms with E-state index in [1.54, 1.807) is 17.2 Å². The van der Waals surface area contributed by atoms with Gasteiger partial charge in [-0.15, -0.1) is 0 Å². The van der Waals surface area contributed by atoms with Gasteiger partial charge in [-0.25, -0.2) is 14.6 Å². The molecule has 2 aromatic rings. The molecule has 4 rings (SSSR count). The Bertz CT molecular complexity index is 734. The van der Waals surface area contributed by atoms with E-state index in [-0.39, 0.29) is 18.6 Å². The van der Waals surface area contributed by atoms with Gasteiger partial charge in [-0.3, -0.25) is 4.79 Å². The number of anilines is 1. The molecule has 0 spiro atoms. The van der Waals surface area contributed by atoms with Gasteiger partial charge in [-0.1, -0.05) is 0 Å². The van der Waals surface area contributed by atoms with Crippen LogP contribution in [0.15, 0.2) is 12.5 Å². The van der Waals surface area contributed by atoms with Crippen molar-refractivity contribution >= 4 is 22.8 Å². The number of nitrogens with one attached hydrogen (secondary N) is 1. The third kappa shape index (κ3) is 3.58. The van der Waals surface area contributed by atoms with E-state index in [9.17, 15) is 4.79 Å². The van der Waals surface area contributed by atoms with Crippen molar-refractivity contribution in [2.45, 2.75) is 44.8 Å². The van der Waals surface area contributed by atoms with Gasteiger partial charge in [0, 0.05) is 26.2 Å². The lowest BCUT2D eigenvalue weighted by Gasteiger charge is -2.27. The highest BCUT2D eigenvalue weighted by molar-refractivity contribution is 5.87. The van der Waals surface area contributed by atoms with Crippen LogP contribution in [-0.4, -0.2) is 58.0 Å². The quantitative estimate of drug-likeness (QED) is 0.875. The number of hydrogen-bond acceptors (Lipinski definition) is 6. The fourth-order valence-corrected chi connectivity index (χ4v) is 3.58. The molecule has 0 aromatic carbocycles. The van der Waals surface area contributed by atoms with Crippen LogP contribution < -0.4 is 10.2 Å². The number of aromatic nitrogens is 4. The van der Waals surface area contributed by atoms with Crippen LogP contribution in [0.4, 0.5) is 5.82 Å². The smallest absolute Gasteiger partial charge is 0.241 e. The summed E-state index contributed by atoms with van der Waals surface area (Å²) in [6, 6.07) is 0. The molecule has 2 aliphatic rings. The summed E-state index contributed by atoms with van der Waals surface area (Å²) in [6.07, 6.45) is 9.20. The third-order valence-corrected chi connectivity index (χ3v) is 4.91. The Hall–Kier alpha value is -2.22. The van der Waals surface area contributed by atoms with Gasteiger partial charge in [-0.2, -0.15) is 5.10 Å². The number of carbonyl (C=O) groups is 1. The molecule has 2 aromatic heterocycles. The molecule has 1 atom stereocenters. The summed E-state index contributed by atoms with van der Waals surface area (Å²) in [6.45, 7) is 3.54. The number of nitrogens with zero attached hydrogens (tertiary/aromatic N) is 5. The average molecular weight is 344 g/mol. The molecule has 1 N–H and O–H groups in total. The van der Waals surface area contributed by atoms with E-state index in [0.717, 1.165) is 43.7 Å². The number of piperidine rings is 1. The molecule has 1 amide bonds. The minimum atomic E-state index is -0.0707. The van der Waals surface area contributed by atoms with Crippen LogP contribution in [0, 0.1) is 0 Å². The molecule has 8 heteroatoms. The molecule has 0 radical (unpaired) electrons. The van der Waals surface area contributed by atoms with E-state index >= 15 is 0 Å². The van der Waals surface area contributed by atoms with E-state index in [0.29, 0.717) is 12.2 Å². The second-order valence-corrected chi connectivity index (χ2v) is 6.72. The van der Waals surface area contributed by atoms with Gasteiger partial charge >= 0.3 is 0 Å². The van der Waals surface area contributed by atoms with Gasteiger partial charge in [0.05, 0.1) is 17.7 Å². The van der Waals surface area contributed by atoms with E-state index < -0.39 is 0 Å². The Morgan fingerprint density at radius 3 is 2.92 bits per heavy atom. The largest absolute Gasteiger partial charge is 0.376 e. The molecule has 0 saturated carbocycles. The summed E-state index contributed by atoms with van der Waals surface area (Å²) >= 11 is 0. The SMILES string of the molecule is O=C(Cn1ncc2c(N3CCCCC3)ncnc21)NCC1CCCO1. The number of hydrogen-bond donors (Lipinski definition) is 1. The van der Waals surface area contributed by atoms with E-state index in [2.05, 4.69) is 25.3 Å². The Labute approximate surface area is 146 Å². The molecule has 4 heterocycles. The maximum Gasteiger partial charge on any atom is 0.241 e. The van der Waals surface area contributed by atoms with Crippen LogP contribution in [0.1, 0.15) is 32.1 Å². The van der Waals surface area contributed by atoms with Gasteiger partial charge in [0.25, 0.3) is 0 Å². The summed E-state index contributed by atoms with van der Waals surface area (Å²) in [5.74, 6) is 0.856. The molecule has 2 aliphatic heterocycles. The molecule has 8 nitrogen and oxygen atoms in total. The van der Waals surface area contributed by atoms with Crippen molar-refractivity contribution < 1.29 is 9.53 Å². The van der Waals surface area contributed by atoms with Crippen molar-refractivity contribution in [1.29, 1.82) is 0 Å². The maximum absolute atomic E-state index is 12.2. The topological polar surface area (TPSA) is 85.2 Å². The summed E-state index contributed by atoms with van der Waals surface area (Å²) in [4.78, 5) is 23.3. The van der Waals surface area contributed by atoms with Gasteiger partial charge < -0.3 is 15.0 Å². The van der Waals surface area contributed by atoms with Crippen LogP contribution in [0.2, 0.25) is 0 Å². The van der Waals surface area contributed by atoms with Crippen LogP contribution in [0.5, 0.6) is 0 Å². The highest BCUT2D eigenvalue weighted by atomic mass is 16.5. The Morgan fingerprint density at radius 1 is 1.24 bits per heavy atom. The molecule has 2 saturated heterocycles. The van der Waals surface area contributed by atoms with E-state index in [4.69, 9.17) is 4.74 Å². The lowest BCUT2D eigenvalue weighted by Crippen LogP contribution is -2.34. The number of fused-ring (bicyclic) bond motifs is 1. The van der Waals surface area contributed by atoms with E-state index in [1.165, 1.54) is 19.3 Å². The fourth-order valence-electron chi connectivity index (χ4n) is 3.58. The van der Waals surface area contributed by atoms with Crippen molar-refractivity contribution in [3.05, 3.63) is 12.5 Å². The molecule has 134 valence electrons. The Balaban J connectivity index is 1.45. The van der Waals surface area contributed by atoms with Crippen molar-refractivity contribution in [2.24, 2.45) is 0 Å². The van der Waals surface area contributed by atoms with Gasteiger partial charge in [0.1, 0.15) is 18.7 Å². The normalized spacial score (nSPS) is 21.0. The van der Waals surface area contributed by atoms with Crippen molar-refractivity contribution in [1.82, 2.24) is 25.1 Å². The number of rotatable bonds is 5. The lowest BCUT2D eigenvalue weighted by atomic mass is 10.1. The predicted octanol–water partition coefficient (Wildman–Crippen LogP) is 1.11. The Kier molecular flexibility index (Phi) is 4.78. The highest BCUT2D eigenvalue weighted by Crippen LogP contribution is 2.25. The minimum absolute atomic E-state index is 0.0707. The molecule has 0 aliphatic carbocycles. The van der Waals surface area contributed by atoms with Gasteiger partial charge in [0.2, 0.25) is 5.91 Å². The zero-order chi connectivity index (χ0) is 17.1. The fraction of sp³-hybridized carbons (Fsp3) is 0.647. The highest BCUT2D eigenvalue weighted by Gasteiger charge is 2.19. The monoisotopic (exact) mass is 344 g/mol. The molecule has 0 bridgehead atoms. The van der Waals surface area contributed by atoms with Crippen LogP contribution in [0.3, 0.4) is 0 Å². The number of ether oxygens (including phenoxy) is 1. The Morgan fingerprint density at radius 2 is 2.12 bits per heavy atom. The van der Waals surface area contributed by atoms with Gasteiger partial charge in [-0.05, 0) is 32.1 Å². The van der Waals surface area contributed by atoms with Crippen LogP contribution in [-0.2, 0) is 16.1 Å². The van der Waals surface area contributed by atoms with E-state index in [1.807, 2.05) is 0 Å². The summed E-state index contributed by atoms with van der Waals surface area (Å²) in [7, 11) is 0. The molecule has 2 fully saturated rings. The van der Waals surface area contributed by atoms with Gasteiger partial charge in [0.15, 0.2) is 5.65 Å². The summed E-state index contributed by atoms with van der Waals surface area (Å²) in [5, 5.41) is 8.21. The number of carbonyl (C=O) groups excluding carboxylic acids is 1. The molecule has 25 heavy (non-hydrogen) atoms. The molecule has 1 unspecified atom stereocenters. The first-order valence-corrected chi connectivity index (χ1v) is 9.11. The predicted molar refractivity (Wildman–Crippen MR) is 93.4 cm³/mol. The maximum atomic E-state index is 12.2. The van der Waals surface area contributed by atoms with Crippen molar-refractivity contribution in [2.75, 3.05) is 31.1 Å². The summed E-state index contributed by atoms with van der Waals surface area (Å²) in [5.41, 5.74) is 0.711. The van der Waals surface area contributed by atoms with Crippen molar-refractivity contribution in [3.63, 3.8) is 0 Å². The lowest BCUT2D eigenvalue weighted by molar-refractivity contribution is -0.122. The summed E-state index contributed by atoms with van der Waals surface area (Å²) < 4.78 is 7.18.